The number of carbonyl (C=O) groups excluding carboxylic acids is 1. The minimum Gasteiger partial charge on any atom is -0.489 e. The molecule has 1 N–H and O–H groups in total. The molecule has 0 fully saturated rings. The summed E-state index contributed by atoms with van der Waals surface area (Å²) < 4.78 is 7.54. The first kappa shape index (κ1) is 23.2. The Morgan fingerprint density at radius 2 is 1.62 bits per heavy atom. The van der Waals surface area contributed by atoms with E-state index >= 15 is 0 Å². The third-order valence-electron chi connectivity index (χ3n) is 5.57. The quantitative estimate of drug-likeness (QED) is 0.428. The summed E-state index contributed by atoms with van der Waals surface area (Å²) in [5, 5.41) is 7.61. The highest BCUT2D eigenvalue weighted by Crippen LogP contribution is 2.18. The molecule has 174 valence electrons. The van der Waals surface area contributed by atoms with Crippen LogP contribution in [0, 0.1) is 27.7 Å². The predicted molar refractivity (Wildman–Crippen MR) is 131 cm³/mol. The van der Waals surface area contributed by atoms with Crippen molar-refractivity contribution in [3.63, 3.8) is 0 Å². The van der Waals surface area contributed by atoms with E-state index in [1.807, 2.05) is 82.3 Å². The van der Waals surface area contributed by atoms with Gasteiger partial charge >= 0.3 is 0 Å². The summed E-state index contributed by atoms with van der Waals surface area (Å²) in [5.74, 6) is 1.30. The number of benzene rings is 2. The molecule has 7 heteroatoms. The number of hydrogen-bond donors (Lipinski definition) is 1. The molecule has 0 spiro atoms. The van der Waals surface area contributed by atoms with Gasteiger partial charge in [0.1, 0.15) is 12.4 Å². The Morgan fingerprint density at radius 3 is 2.35 bits per heavy atom. The zero-order valence-electron chi connectivity index (χ0n) is 20.0. The molecule has 0 saturated carbocycles. The Kier molecular flexibility index (Phi) is 7.01. The number of para-hydroxylation sites is 1. The SMILES string of the molecule is Cc1cc(C)nc(-n2nc(C)c(CC(=O)NCc3cccc(COc4ccccc4)c3)c2C)n1. The molecule has 0 bridgehead atoms. The Balaban J connectivity index is 1.38. The maximum atomic E-state index is 12.7. The van der Waals surface area contributed by atoms with Crippen molar-refractivity contribution in [2.24, 2.45) is 0 Å². The molecular formula is C27H29N5O2. The number of ether oxygens (including phenoxy) is 1. The number of rotatable bonds is 8. The van der Waals surface area contributed by atoms with Crippen molar-refractivity contribution >= 4 is 5.91 Å². The van der Waals surface area contributed by atoms with Gasteiger partial charge < -0.3 is 10.1 Å². The number of carbonyl (C=O) groups is 1. The second-order valence-corrected chi connectivity index (χ2v) is 8.39. The summed E-state index contributed by atoms with van der Waals surface area (Å²) in [4.78, 5) is 21.7. The molecule has 7 nitrogen and oxygen atoms in total. The van der Waals surface area contributed by atoms with Crippen LogP contribution >= 0.6 is 0 Å². The van der Waals surface area contributed by atoms with Gasteiger partial charge in [0.05, 0.1) is 12.1 Å². The average molecular weight is 456 g/mol. The fourth-order valence-corrected chi connectivity index (χ4v) is 3.86. The van der Waals surface area contributed by atoms with Crippen molar-refractivity contribution in [1.82, 2.24) is 25.1 Å². The number of nitrogens with zero attached hydrogens (tertiary/aromatic N) is 4. The Hall–Kier alpha value is -4.00. The van der Waals surface area contributed by atoms with Gasteiger partial charge in [-0.05, 0) is 57.0 Å². The van der Waals surface area contributed by atoms with Crippen molar-refractivity contribution in [3.05, 3.63) is 100 Å². The zero-order valence-corrected chi connectivity index (χ0v) is 20.0. The molecule has 1 amide bonds. The van der Waals surface area contributed by atoms with Gasteiger partial charge in [-0.3, -0.25) is 4.79 Å². The minimum absolute atomic E-state index is 0.0574. The fourth-order valence-electron chi connectivity index (χ4n) is 3.86. The topological polar surface area (TPSA) is 81.9 Å². The largest absolute Gasteiger partial charge is 0.489 e. The number of aryl methyl sites for hydroxylation is 3. The smallest absolute Gasteiger partial charge is 0.251 e. The van der Waals surface area contributed by atoms with Crippen molar-refractivity contribution in [2.45, 2.75) is 47.3 Å². The third-order valence-corrected chi connectivity index (χ3v) is 5.57. The lowest BCUT2D eigenvalue weighted by molar-refractivity contribution is -0.120. The first-order chi connectivity index (χ1) is 16.4. The molecule has 0 aliphatic heterocycles. The highest BCUT2D eigenvalue weighted by Gasteiger charge is 2.17. The van der Waals surface area contributed by atoms with E-state index in [4.69, 9.17) is 4.74 Å². The third kappa shape index (κ3) is 5.67. The van der Waals surface area contributed by atoms with Gasteiger partial charge in [-0.15, -0.1) is 0 Å². The van der Waals surface area contributed by atoms with Crippen LogP contribution in [-0.2, 0) is 24.4 Å². The molecule has 2 aromatic carbocycles. The van der Waals surface area contributed by atoms with E-state index in [2.05, 4.69) is 26.4 Å². The van der Waals surface area contributed by atoms with Crippen molar-refractivity contribution in [3.8, 4) is 11.7 Å². The van der Waals surface area contributed by atoms with Crippen LogP contribution in [0.1, 0.15) is 39.5 Å². The normalized spacial score (nSPS) is 10.8. The molecule has 0 aliphatic rings. The summed E-state index contributed by atoms with van der Waals surface area (Å²) >= 11 is 0. The molecular weight excluding hydrogens is 426 g/mol. The standard InChI is InChI=1S/C27H29N5O2/c1-18-13-19(2)30-27(29-18)32-21(4)25(20(3)31-32)15-26(33)28-16-22-9-8-10-23(14-22)17-34-24-11-6-5-7-12-24/h5-14H,15-17H2,1-4H3,(H,28,33). The van der Waals surface area contributed by atoms with Crippen LogP contribution in [0.15, 0.2) is 60.7 Å². The van der Waals surface area contributed by atoms with Crippen molar-refractivity contribution in [1.29, 1.82) is 0 Å². The van der Waals surface area contributed by atoms with Gasteiger partial charge in [0.15, 0.2) is 0 Å². The molecule has 2 aromatic heterocycles. The predicted octanol–water partition coefficient (Wildman–Crippen LogP) is 4.33. The number of nitrogens with one attached hydrogen (secondary N) is 1. The molecule has 4 rings (SSSR count). The van der Waals surface area contributed by atoms with E-state index in [0.29, 0.717) is 19.1 Å². The zero-order chi connectivity index (χ0) is 24.1. The highest BCUT2D eigenvalue weighted by atomic mass is 16.5. The monoisotopic (exact) mass is 455 g/mol. The summed E-state index contributed by atoms with van der Waals surface area (Å²) in [6, 6.07) is 19.7. The molecule has 2 heterocycles. The van der Waals surface area contributed by atoms with Crippen LogP contribution in [0.3, 0.4) is 0 Å². The molecule has 0 unspecified atom stereocenters. The van der Waals surface area contributed by atoms with Crippen LogP contribution in [0.4, 0.5) is 0 Å². The highest BCUT2D eigenvalue weighted by molar-refractivity contribution is 5.79. The minimum atomic E-state index is -0.0574. The van der Waals surface area contributed by atoms with Crippen LogP contribution < -0.4 is 10.1 Å². The molecule has 0 radical (unpaired) electrons. The van der Waals surface area contributed by atoms with Crippen molar-refractivity contribution in [2.75, 3.05) is 0 Å². The second kappa shape index (κ2) is 10.3. The average Bonchev–Trinajstić information content (AvgIpc) is 3.10. The summed E-state index contributed by atoms with van der Waals surface area (Å²) in [6.07, 6.45) is 0.249. The van der Waals surface area contributed by atoms with Crippen molar-refractivity contribution < 1.29 is 9.53 Å². The Morgan fingerprint density at radius 1 is 0.912 bits per heavy atom. The number of amides is 1. The van der Waals surface area contributed by atoms with E-state index in [-0.39, 0.29) is 12.3 Å². The number of aromatic nitrogens is 4. The van der Waals surface area contributed by atoms with Gasteiger partial charge in [0.2, 0.25) is 5.91 Å². The molecule has 4 aromatic rings. The second-order valence-electron chi connectivity index (χ2n) is 8.39. The van der Waals surface area contributed by atoms with Crippen LogP contribution in [0.2, 0.25) is 0 Å². The molecule has 0 aliphatic carbocycles. The van der Waals surface area contributed by atoms with E-state index in [0.717, 1.165) is 45.2 Å². The van der Waals surface area contributed by atoms with E-state index in [9.17, 15) is 4.79 Å². The van der Waals surface area contributed by atoms with Gasteiger partial charge in [-0.1, -0.05) is 42.5 Å². The van der Waals surface area contributed by atoms with E-state index in [1.54, 1.807) is 4.68 Å². The number of hydrogen-bond acceptors (Lipinski definition) is 5. The first-order valence-corrected chi connectivity index (χ1v) is 11.3. The van der Waals surface area contributed by atoms with Gasteiger partial charge in [0.25, 0.3) is 5.95 Å². The van der Waals surface area contributed by atoms with Gasteiger partial charge in [0, 0.05) is 29.2 Å². The molecule has 0 saturated heterocycles. The van der Waals surface area contributed by atoms with Crippen LogP contribution in [0.25, 0.3) is 5.95 Å². The Bertz CT molecular complexity index is 1280. The van der Waals surface area contributed by atoms with Gasteiger partial charge in [-0.25, -0.2) is 14.6 Å². The Labute approximate surface area is 199 Å². The first-order valence-electron chi connectivity index (χ1n) is 11.3. The van der Waals surface area contributed by atoms with Gasteiger partial charge in [-0.2, -0.15) is 5.10 Å². The van der Waals surface area contributed by atoms with E-state index < -0.39 is 0 Å². The maximum absolute atomic E-state index is 12.7. The van der Waals surface area contributed by atoms with Crippen LogP contribution in [0.5, 0.6) is 5.75 Å². The fraction of sp³-hybridized carbons (Fsp3) is 0.259. The summed E-state index contributed by atoms with van der Waals surface area (Å²) in [5.41, 5.74) is 6.40. The lowest BCUT2D eigenvalue weighted by Gasteiger charge is -2.09. The van der Waals surface area contributed by atoms with E-state index in [1.165, 1.54) is 0 Å². The summed E-state index contributed by atoms with van der Waals surface area (Å²) in [7, 11) is 0. The van der Waals surface area contributed by atoms with Crippen LogP contribution in [-0.4, -0.2) is 25.7 Å². The molecule has 34 heavy (non-hydrogen) atoms. The summed E-state index contributed by atoms with van der Waals surface area (Å²) in [6.45, 7) is 8.64. The lowest BCUT2D eigenvalue weighted by Crippen LogP contribution is -2.25. The lowest BCUT2D eigenvalue weighted by atomic mass is 10.1. The molecule has 0 atom stereocenters. The maximum Gasteiger partial charge on any atom is 0.251 e.